The van der Waals surface area contributed by atoms with Crippen molar-refractivity contribution in [1.82, 2.24) is 10.2 Å². The van der Waals surface area contributed by atoms with Crippen molar-refractivity contribution in [2.24, 2.45) is 5.41 Å². The summed E-state index contributed by atoms with van der Waals surface area (Å²) >= 11 is 0. The molecule has 1 fully saturated rings. The number of anilines is 1. The number of likely N-dealkylation sites (tertiary alicyclic amines) is 1. The number of methoxy groups -OCH3 is 2. The van der Waals surface area contributed by atoms with E-state index < -0.39 is 5.41 Å². The molecule has 4 rings (SSSR count). The van der Waals surface area contributed by atoms with Crippen LogP contribution in [0.25, 0.3) is 0 Å². The molecule has 0 atom stereocenters. The lowest BCUT2D eigenvalue weighted by molar-refractivity contribution is -0.132. The number of hydrogen-bond donors (Lipinski definition) is 2. The van der Waals surface area contributed by atoms with E-state index >= 15 is 0 Å². The first-order valence-electron chi connectivity index (χ1n) is 10.9. The second-order valence-corrected chi connectivity index (χ2v) is 8.45. The Labute approximate surface area is 192 Å². The van der Waals surface area contributed by atoms with Gasteiger partial charge in [-0.15, -0.1) is 0 Å². The summed E-state index contributed by atoms with van der Waals surface area (Å²) in [5.74, 6) is 2.58. The van der Waals surface area contributed by atoms with Crippen LogP contribution in [0.5, 0.6) is 23.0 Å². The second kappa shape index (κ2) is 9.48. The Balaban J connectivity index is 1.30. The Morgan fingerprint density at radius 3 is 2.33 bits per heavy atom. The molecule has 2 aromatic rings. The molecule has 0 aliphatic carbocycles. The van der Waals surface area contributed by atoms with Crippen molar-refractivity contribution in [3.8, 4) is 23.0 Å². The van der Waals surface area contributed by atoms with Gasteiger partial charge in [0, 0.05) is 48.9 Å². The van der Waals surface area contributed by atoms with Crippen LogP contribution in [0.15, 0.2) is 36.4 Å². The quantitative estimate of drug-likeness (QED) is 0.693. The number of fused-ring (bicyclic) bond motifs is 1. The van der Waals surface area contributed by atoms with Crippen LogP contribution < -0.4 is 29.6 Å². The third-order valence-electron chi connectivity index (χ3n) is 6.20. The van der Waals surface area contributed by atoms with Gasteiger partial charge in [0.2, 0.25) is 12.7 Å². The molecular weight excluding hydrogens is 426 g/mol. The largest absolute Gasteiger partial charge is 0.497 e. The normalized spacial score (nSPS) is 16.2. The molecule has 0 saturated carbocycles. The Morgan fingerprint density at radius 2 is 1.67 bits per heavy atom. The predicted molar refractivity (Wildman–Crippen MR) is 122 cm³/mol. The van der Waals surface area contributed by atoms with Crippen molar-refractivity contribution in [3.63, 3.8) is 0 Å². The minimum Gasteiger partial charge on any atom is -0.497 e. The number of ether oxygens (including phenoxy) is 4. The maximum absolute atomic E-state index is 12.9. The van der Waals surface area contributed by atoms with Crippen molar-refractivity contribution < 1.29 is 28.5 Å². The van der Waals surface area contributed by atoms with Crippen LogP contribution >= 0.6 is 0 Å². The molecule has 0 unspecified atom stereocenters. The molecule has 2 heterocycles. The number of amides is 3. The van der Waals surface area contributed by atoms with E-state index in [1.807, 2.05) is 25.1 Å². The first-order valence-corrected chi connectivity index (χ1v) is 10.9. The molecule has 2 aliphatic rings. The number of carbonyl (C=O) groups is 2. The van der Waals surface area contributed by atoms with Crippen LogP contribution in [-0.2, 0) is 11.3 Å². The minimum absolute atomic E-state index is 0.0160. The zero-order chi connectivity index (χ0) is 23.4. The Morgan fingerprint density at radius 1 is 1.00 bits per heavy atom. The summed E-state index contributed by atoms with van der Waals surface area (Å²) < 4.78 is 21.2. The molecule has 2 aliphatic heterocycles. The number of nitrogens with one attached hydrogen (secondary N) is 2. The smallest absolute Gasteiger partial charge is 0.321 e. The van der Waals surface area contributed by atoms with Gasteiger partial charge in [-0.05, 0) is 30.5 Å². The van der Waals surface area contributed by atoms with Crippen LogP contribution in [0.4, 0.5) is 10.5 Å². The third kappa shape index (κ3) is 5.08. The molecule has 9 nitrogen and oxygen atoms in total. The highest BCUT2D eigenvalue weighted by molar-refractivity contribution is 5.90. The Bertz CT molecular complexity index is 1010. The van der Waals surface area contributed by atoms with E-state index in [4.69, 9.17) is 18.9 Å². The molecular formula is C24H29N3O6. The van der Waals surface area contributed by atoms with Gasteiger partial charge < -0.3 is 34.5 Å². The number of urea groups is 1. The molecule has 9 heteroatoms. The van der Waals surface area contributed by atoms with E-state index in [1.165, 1.54) is 0 Å². The van der Waals surface area contributed by atoms with Crippen molar-refractivity contribution >= 4 is 17.6 Å². The summed E-state index contributed by atoms with van der Waals surface area (Å²) in [6, 6.07) is 10.6. The molecule has 1 saturated heterocycles. The number of piperidine rings is 1. The van der Waals surface area contributed by atoms with E-state index in [0.717, 1.165) is 11.3 Å². The lowest BCUT2D eigenvalue weighted by Gasteiger charge is -2.38. The highest BCUT2D eigenvalue weighted by Gasteiger charge is 2.38. The van der Waals surface area contributed by atoms with Gasteiger partial charge in [0.15, 0.2) is 11.5 Å². The summed E-state index contributed by atoms with van der Waals surface area (Å²) in [6.07, 6.45) is 1.16. The summed E-state index contributed by atoms with van der Waals surface area (Å²) in [5.41, 5.74) is 1.000. The van der Waals surface area contributed by atoms with Crippen LogP contribution in [0.3, 0.4) is 0 Å². The zero-order valence-corrected chi connectivity index (χ0v) is 19.1. The zero-order valence-electron chi connectivity index (χ0n) is 19.1. The van der Waals surface area contributed by atoms with Gasteiger partial charge in [0.05, 0.1) is 14.2 Å². The molecule has 176 valence electrons. The lowest BCUT2D eigenvalue weighted by Crippen LogP contribution is -2.49. The minimum atomic E-state index is -0.535. The van der Waals surface area contributed by atoms with Crippen LogP contribution in [0.1, 0.15) is 25.3 Å². The van der Waals surface area contributed by atoms with Gasteiger partial charge in [-0.25, -0.2) is 4.79 Å². The molecule has 0 spiro atoms. The predicted octanol–water partition coefficient (Wildman–Crippen LogP) is 3.38. The van der Waals surface area contributed by atoms with Crippen molar-refractivity contribution in [3.05, 3.63) is 42.0 Å². The number of benzene rings is 2. The first-order chi connectivity index (χ1) is 15.9. The Kier molecular flexibility index (Phi) is 6.48. The fourth-order valence-corrected chi connectivity index (χ4v) is 3.96. The van der Waals surface area contributed by atoms with Gasteiger partial charge >= 0.3 is 6.03 Å². The molecule has 2 aromatic carbocycles. The van der Waals surface area contributed by atoms with E-state index in [2.05, 4.69) is 10.6 Å². The molecule has 0 aromatic heterocycles. The standard InChI is InChI=1S/C24H29N3O6/c1-24(22(28)25-14-16-4-5-20-21(10-16)33-15-32-20)6-8-27(9-7-24)23(29)26-17-11-18(30-2)13-19(12-17)31-3/h4-5,10-13H,6-9,14-15H2,1-3H3,(H,25,28)(H,26,29). The van der Waals surface area contributed by atoms with Gasteiger partial charge in [0.25, 0.3) is 0 Å². The third-order valence-corrected chi connectivity index (χ3v) is 6.20. The number of nitrogens with zero attached hydrogens (tertiary/aromatic N) is 1. The summed E-state index contributed by atoms with van der Waals surface area (Å²) in [4.78, 5) is 27.4. The monoisotopic (exact) mass is 455 g/mol. The fourth-order valence-electron chi connectivity index (χ4n) is 3.96. The van der Waals surface area contributed by atoms with E-state index in [1.54, 1.807) is 37.3 Å². The maximum Gasteiger partial charge on any atom is 0.321 e. The molecule has 0 radical (unpaired) electrons. The van der Waals surface area contributed by atoms with Crippen LogP contribution in [-0.4, -0.2) is 50.9 Å². The van der Waals surface area contributed by atoms with Crippen LogP contribution in [0.2, 0.25) is 0 Å². The Hall–Kier alpha value is -3.62. The molecule has 2 N–H and O–H groups in total. The second-order valence-electron chi connectivity index (χ2n) is 8.45. The highest BCUT2D eigenvalue weighted by atomic mass is 16.7. The van der Waals surface area contributed by atoms with E-state index in [0.29, 0.717) is 55.4 Å². The van der Waals surface area contributed by atoms with Crippen molar-refractivity contribution in [2.75, 3.05) is 39.4 Å². The fraction of sp³-hybridized carbons (Fsp3) is 0.417. The first kappa shape index (κ1) is 22.6. The highest BCUT2D eigenvalue weighted by Crippen LogP contribution is 2.34. The van der Waals surface area contributed by atoms with Gasteiger partial charge in [-0.3, -0.25) is 4.79 Å². The summed E-state index contributed by atoms with van der Waals surface area (Å²) in [7, 11) is 3.12. The molecule has 33 heavy (non-hydrogen) atoms. The lowest BCUT2D eigenvalue weighted by atomic mass is 9.79. The van der Waals surface area contributed by atoms with Crippen molar-refractivity contribution in [1.29, 1.82) is 0 Å². The maximum atomic E-state index is 12.9. The van der Waals surface area contributed by atoms with Gasteiger partial charge in [0.1, 0.15) is 11.5 Å². The average Bonchev–Trinajstić information content (AvgIpc) is 3.30. The SMILES string of the molecule is COc1cc(NC(=O)N2CCC(C)(C(=O)NCc3ccc4c(c3)OCO4)CC2)cc(OC)c1. The van der Waals surface area contributed by atoms with Gasteiger partial charge in [-0.2, -0.15) is 0 Å². The summed E-state index contributed by atoms with van der Waals surface area (Å²) in [5, 5.41) is 5.92. The topological polar surface area (TPSA) is 98.4 Å². The molecule has 0 bridgehead atoms. The van der Waals surface area contributed by atoms with E-state index in [9.17, 15) is 9.59 Å². The van der Waals surface area contributed by atoms with Crippen LogP contribution in [0, 0.1) is 5.41 Å². The van der Waals surface area contributed by atoms with Crippen molar-refractivity contribution in [2.45, 2.75) is 26.3 Å². The summed E-state index contributed by atoms with van der Waals surface area (Å²) in [6.45, 7) is 3.55. The van der Waals surface area contributed by atoms with Gasteiger partial charge in [-0.1, -0.05) is 13.0 Å². The van der Waals surface area contributed by atoms with E-state index in [-0.39, 0.29) is 18.7 Å². The molecule has 3 amide bonds. The number of hydrogen-bond acceptors (Lipinski definition) is 6. The average molecular weight is 456 g/mol. The number of rotatable bonds is 6. The number of carbonyl (C=O) groups excluding carboxylic acids is 2.